The number of hydrogen-bond acceptors (Lipinski definition) is 2. The van der Waals surface area contributed by atoms with Gasteiger partial charge >= 0.3 is 0 Å². The van der Waals surface area contributed by atoms with Crippen molar-refractivity contribution in [3.05, 3.63) is 50.8 Å². The Kier molecular flexibility index (Phi) is 4.50. The summed E-state index contributed by atoms with van der Waals surface area (Å²) in [5.41, 5.74) is 10.2. The molecule has 0 unspecified atom stereocenters. The minimum atomic E-state index is 0.572. The summed E-state index contributed by atoms with van der Waals surface area (Å²) in [6.07, 6.45) is 0.860. The molecule has 0 aliphatic heterocycles. The van der Waals surface area contributed by atoms with Gasteiger partial charge in [0.1, 0.15) is 0 Å². The second-order valence-electron chi connectivity index (χ2n) is 4.59. The molecule has 0 aliphatic carbocycles. The summed E-state index contributed by atoms with van der Waals surface area (Å²) in [6.45, 7) is 5.42. The predicted molar refractivity (Wildman–Crippen MR) is 80.0 cm³/mol. The van der Waals surface area contributed by atoms with Crippen molar-refractivity contribution in [2.75, 3.05) is 6.54 Å². The van der Waals surface area contributed by atoms with Gasteiger partial charge in [-0.1, -0.05) is 29.3 Å². The van der Waals surface area contributed by atoms with E-state index in [9.17, 15) is 0 Å². The fourth-order valence-electron chi connectivity index (χ4n) is 2.21. The van der Waals surface area contributed by atoms with E-state index in [1.807, 2.05) is 29.8 Å². The van der Waals surface area contributed by atoms with E-state index in [1.54, 1.807) is 0 Å². The molecule has 1 heterocycles. The molecule has 1 aromatic carbocycles. The van der Waals surface area contributed by atoms with E-state index in [2.05, 4.69) is 12.0 Å². The highest BCUT2D eigenvalue weighted by Gasteiger charge is 2.11. The largest absolute Gasteiger partial charge is 0.330 e. The van der Waals surface area contributed by atoms with E-state index in [4.69, 9.17) is 28.9 Å². The van der Waals surface area contributed by atoms with Crippen LogP contribution in [0.4, 0.5) is 0 Å². The normalized spacial score (nSPS) is 11.0. The maximum absolute atomic E-state index is 6.03. The Morgan fingerprint density at radius 3 is 2.58 bits per heavy atom. The minimum absolute atomic E-state index is 0.572. The SMILES string of the molecule is Cc1nn(Cc2ccc(Cl)c(Cl)c2)c(C)c1CCN. The van der Waals surface area contributed by atoms with E-state index in [1.165, 1.54) is 5.56 Å². The van der Waals surface area contributed by atoms with Crippen LogP contribution in [0.1, 0.15) is 22.5 Å². The molecule has 2 N–H and O–H groups in total. The van der Waals surface area contributed by atoms with E-state index in [-0.39, 0.29) is 0 Å². The highest BCUT2D eigenvalue weighted by Crippen LogP contribution is 2.23. The molecule has 0 saturated heterocycles. The number of aromatic nitrogens is 2. The molecule has 2 aromatic rings. The Morgan fingerprint density at radius 1 is 1.21 bits per heavy atom. The molecule has 0 fully saturated rings. The smallest absolute Gasteiger partial charge is 0.0663 e. The summed E-state index contributed by atoms with van der Waals surface area (Å²) in [6, 6.07) is 5.65. The lowest BCUT2D eigenvalue weighted by atomic mass is 10.1. The van der Waals surface area contributed by atoms with Crippen LogP contribution in [0.25, 0.3) is 0 Å². The van der Waals surface area contributed by atoms with Crippen LogP contribution in [-0.2, 0) is 13.0 Å². The molecule has 2 rings (SSSR count). The van der Waals surface area contributed by atoms with Crippen molar-refractivity contribution in [3.63, 3.8) is 0 Å². The van der Waals surface area contributed by atoms with Crippen molar-refractivity contribution < 1.29 is 0 Å². The van der Waals surface area contributed by atoms with Gasteiger partial charge in [-0.15, -0.1) is 0 Å². The number of rotatable bonds is 4. The van der Waals surface area contributed by atoms with Gasteiger partial charge in [0.25, 0.3) is 0 Å². The Labute approximate surface area is 123 Å². The Morgan fingerprint density at radius 2 is 1.95 bits per heavy atom. The molecule has 5 heteroatoms. The van der Waals surface area contributed by atoms with Crippen LogP contribution in [0, 0.1) is 13.8 Å². The Hall–Kier alpha value is -1.03. The van der Waals surface area contributed by atoms with Crippen LogP contribution >= 0.6 is 23.2 Å². The number of halogens is 2. The molecule has 0 aliphatic rings. The molecule has 1 aromatic heterocycles. The van der Waals surface area contributed by atoms with E-state index in [0.717, 1.165) is 23.4 Å². The maximum Gasteiger partial charge on any atom is 0.0663 e. The van der Waals surface area contributed by atoms with Gasteiger partial charge in [0, 0.05) is 5.69 Å². The van der Waals surface area contributed by atoms with E-state index >= 15 is 0 Å². The molecular formula is C14H17Cl2N3. The van der Waals surface area contributed by atoms with Gasteiger partial charge < -0.3 is 5.73 Å². The fourth-order valence-corrected chi connectivity index (χ4v) is 2.53. The zero-order valence-corrected chi connectivity index (χ0v) is 12.6. The summed E-state index contributed by atoms with van der Waals surface area (Å²) in [5.74, 6) is 0. The predicted octanol–water partition coefficient (Wildman–Crippen LogP) is 3.36. The van der Waals surface area contributed by atoms with Crippen molar-refractivity contribution in [1.82, 2.24) is 9.78 Å². The first-order valence-corrected chi connectivity index (χ1v) is 6.95. The van der Waals surface area contributed by atoms with Crippen LogP contribution < -0.4 is 5.73 Å². The zero-order chi connectivity index (χ0) is 14.0. The van der Waals surface area contributed by atoms with E-state index in [0.29, 0.717) is 23.1 Å². The number of nitrogens with two attached hydrogens (primary N) is 1. The first-order valence-electron chi connectivity index (χ1n) is 6.19. The van der Waals surface area contributed by atoms with Gasteiger partial charge in [-0.2, -0.15) is 5.10 Å². The highest BCUT2D eigenvalue weighted by atomic mass is 35.5. The van der Waals surface area contributed by atoms with Crippen molar-refractivity contribution >= 4 is 23.2 Å². The van der Waals surface area contributed by atoms with Gasteiger partial charge in [0.15, 0.2) is 0 Å². The molecule has 0 amide bonds. The van der Waals surface area contributed by atoms with E-state index < -0.39 is 0 Å². The fraction of sp³-hybridized carbons (Fsp3) is 0.357. The summed E-state index contributed by atoms with van der Waals surface area (Å²) >= 11 is 11.9. The van der Waals surface area contributed by atoms with Crippen molar-refractivity contribution in [3.8, 4) is 0 Å². The summed E-state index contributed by atoms with van der Waals surface area (Å²) in [4.78, 5) is 0. The standard InChI is InChI=1S/C14H17Cl2N3/c1-9-12(5-6-17)10(2)19(18-9)8-11-3-4-13(15)14(16)7-11/h3-4,7H,5-6,8,17H2,1-2H3. The Bertz CT molecular complexity index is 591. The molecule has 0 bridgehead atoms. The molecule has 0 atom stereocenters. The molecule has 0 radical (unpaired) electrons. The van der Waals surface area contributed by atoms with Gasteiger partial charge in [0.05, 0.1) is 22.3 Å². The average Bonchev–Trinajstić information content (AvgIpc) is 2.62. The number of aryl methyl sites for hydroxylation is 1. The first-order chi connectivity index (χ1) is 9.02. The number of nitrogens with zero attached hydrogens (tertiary/aromatic N) is 2. The molecule has 0 spiro atoms. The highest BCUT2D eigenvalue weighted by molar-refractivity contribution is 6.42. The lowest BCUT2D eigenvalue weighted by Crippen LogP contribution is -2.06. The summed E-state index contributed by atoms with van der Waals surface area (Å²) < 4.78 is 1.99. The number of benzene rings is 1. The minimum Gasteiger partial charge on any atom is -0.330 e. The Balaban J connectivity index is 2.28. The molecule has 102 valence electrons. The van der Waals surface area contributed by atoms with Crippen LogP contribution in [-0.4, -0.2) is 16.3 Å². The molecule has 3 nitrogen and oxygen atoms in total. The maximum atomic E-state index is 6.03. The molecular weight excluding hydrogens is 281 g/mol. The topological polar surface area (TPSA) is 43.8 Å². The first kappa shape index (κ1) is 14.4. The van der Waals surface area contributed by atoms with Gasteiger partial charge in [-0.05, 0) is 50.1 Å². The van der Waals surface area contributed by atoms with Gasteiger partial charge in [0.2, 0.25) is 0 Å². The second kappa shape index (κ2) is 5.95. The lowest BCUT2D eigenvalue weighted by Gasteiger charge is -2.06. The van der Waals surface area contributed by atoms with Gasteiger partial charge in [-0.25, -0.2) is 0 Å². The monoisotopic (exact) mass is 297 g/mol. The third-order valence-electron chi connectivity index (χ3n) is 3.24. The lowest BCUT2D eigenvalue weighted by molar-refractivity contribution is 0.658. The number of hydrogen-bond donors (Lipinski definition) is 1. The van der Waals surface area contributed by atoms with Crippen molar-refractivity contribution in [2.45, 2.75) is 26.8 Å². The third kappa shape index (κ3) is 3.11. The van der Waals surface area contributed by atoms with Crippen LogP contribution in [0.15, 0.2) is 18.2 Å². The van der Waals surface area contributed by atoms with Crippen molar-refractivity contribution in [2.24, 2.45) is 5.73 Å². The second-order valence-corrected chi connectivity index (χ2v) is 5.41. The van der Waals surface area contributed by atoms with Crippen LogP contribution in [0.3, 0.4) is 0 Å². The molecule has 19 heavy (non-hydrogen) atoms. The van der Waals surface area contributed by atoms with Gasteiger partial charge in [-0.3, -0.25) is 4.68 Å². The summed E-state index contributed by atoms with van der Waals surface area (Å²) in [7, 11) is 0. The molecule has 0 saturated carbocycles. The van der Waals surface area contributed by atoms with Crippen molar-refractivity contribution in [1.29, 1.82) is 0 Å². The average molecular weight is 298 g/mol. The zero-order valence-electron chi connectivity index (χ0n) is 11.1. The third-order valence-corrected chi connectivity index (χ3v) is 3.98. The quantitative estimate of drug-likeness (QED) is 0.940. The summed E-state index contributed by atoms with van der Waals surface area (Å²) in [5, 5.41) is 5.71. The van der Waals surface area contributed by atoms with Crippen LogP contribution in [0.2, 0.25) is 10.0 Å². The van der Waals surface area contributed by atoms with Crippen LogP contribution in [0.5, 0.6) is 0 Å².